The van der Waals surface area contributed by atoms with E-state index in [1.807, 2.05) is 17.5 Å². The third-order valence-electron chi connectivity index (χ3n) is 1.99. The number of hydrogen-bond acceptors (Lipinski definition) is 6. The molecule has 1 amide bonds. The van der Waals surface area contributed by atoms with Gasteiger partial charge in [-0.25, -0.2) is 4.98 Å². The summed E-state index contributed by atoms with van der Waals surface area (Å²) in [7, 11) is 0. The molecule has 0 aliphatic rings. The summed E-state index contributed by atoms with van der Waals surface area (Å²) in [6.07, 6.45) is 1.77. The van der Waals surface area contributed by atoms with Crippen LogP contribution >= 0.6 is 38.6 Å². The Hall–Kier alpha value is -1.25. The Morgan fingerprint density at radius 1 is 1.47 bits per heavy atom. The highest BCUT2D eigenvalue weighted by Gasteiger charge is 2.10. The first-order valence-electron chi connectivity index (χ1n) is 5.22. The van der Waals surface area contributed by atoms with E-state index in [9.17, 15) is 9.59 Å². The van der Waals surface area contributed by atoms with Gasteiger partial charge < -0.3 is 4.74 Å². The SMILES string of the molecule is O=C(COC(=O)Cc1cccs1)Nc1ncc(Br)s1. The maximum atomic E-state index is 11.5. The maximum absolute atomic E-state index is 11.5. The largest absolute Gasteiger partial charge is 0.455 e. The third kappa shape index (κ3) is 4.73. The summed E-state index contributed by atoms with van der Waals surface area (Å²) in [6.45, 7) is -0.304. The van der Waals surface area contributed by atoms with Gasteiger partial charge in [0.05, 0.1) is 16.4 Å². The van der Waals surface area contributed by atoms with E-state index in [0.717, 1.165) is 8.66 Å². The number of halogens is 1. The zero-order valence-corrected chi connectivity index (χ0v) is 12.8. The summed E-state index contributed by atoms with van der Waals surface area (Å²) in [5.41, 5.74) is 0. The molecule has 0 unspecified atom stereocenters. The van der Waals surface area contributed by atoms with Crippen LogP contribution in [0.3, 0.4) is 0 Å². The Kier molecular flexibility index (Phi) is 5.06. The normalized spacial score (nSPS) is 10.2. The average Bonchev–Trinajstić information content (AvgIpc) is 2.99. The van der Waals surface area contributed by atoms with E-state index in [1.54, 1.807) is 6.20 Å². The van der Waals surface area contributed by atoms with Crippen LogP contribution in [-0.2, 0) is 20.7 Å². The number of anilines is 1. The van der Waals surface area contributed by atoms with Gasteiger partial charge in [0.2, 0.25) is 0 Å². The van der Waals surface area contributed by atoms with Gasteiger partial charge in [-0.2, -0.15) is 0 Å². The van der Waals surface area contributed by atoms with Crippen LogP contribution < -0.4 is 5.32 Å². The Morgan fingerprint density at radius 2 is 2.32 bits per heavy atom. The van der Waals surface area contributed by atoms with E-state index < -0.39 is 11.9 Å². The zero-order chi connectivity index (χ0) is 13.7. The molecule has 0 bridgehead atoms. The molecule has 5 nitrogen and oxygen atoms in total. The minimum atomic E-state index is -0.419. The monoisotopic (exact) mass is 360 g/mol. The van der Waals surface area contributed by atoms with Gasteiger partial charge in [0.25, 0.3) is 5.91 Å². The van der Waals surface area contributed by atoms with Crippen molar-refractivity contribution >= 4 is 55.6 Å². The lowest BCUT2D eigenvalue weighted by Gasteiger charge is -2.03. The van der Waals surface area contributed by atoms with Gasteiger partial charge in [0.15, 0.2) is 11.7 Å². The number of rotatable bonds is 5. The molecule has 0 spiro atoms. The fourth-order valence-electron chi connectivity index (χ4n) is 1.22. The Bertz CT molecular complexity index is 568. The van der Waals surface area contributed by atoms with E-state index in [2.05, 4.69) is 26.2 Å². The van der Waals surface area contributed by atoms with Gasteiger partial charge in [-0.05, 0) is 27.4 Å². The summed E-state index contributed by atoms with van der Waals surface area (Å²) >= 11 is 6.00. The van der Waals surface area contributed by atoms with Gasteiger partial charge in [-0.1, -0.05) is 17.4 Å². The molecular weight excluding hydrogens is 352 g/mol. The summed E-state index contributed by atoms with van der Waals surface area (Å²) in [6, 6.07) is 3.71. The van der Waals surface area contributed by atoms with Crippen LogP contribution in [0, 0.1) is 0 Å². The molecule has 2 rings (SSSR count). The number of ether oxygens (including phenoxy) is 1. The Labute approximate surface area is 125 Å². The number of nitrogens with one attached hydrogen (secondary N) is 1. The standard InChI is InChI=1S/C11H9BrN2O3S2/c12-8-5-13-11(19-8)14-9(15)6-17-10(16)4-7-2-1-3-18-7/h1-3,5H,4,6H2,(H,13,14,15). The van der Waals surface area contributed by atoms with Crippen molar-refractivity contribution in [1.29, 1.82) is 0 Å². The van der Waals surface area contributed by atoms with Gasteiger partial charge in [0, 0.05) is 4.88 Å². The van der Waals surface area contributed by atoms with Crippen molar-refractivity contribution in [2.45, 2.75) is 6.42 Å². The topological polar surface area (TPSA) is 68.3 Å². The van der Waals surface area contributed by atoms with E-state index in [-0.39, 0.29) is 13.0 Å². The summed E-state index contributed by atoms with van der Waals surface area (Å²) in [5.74, 6) is -0.820. The lowest BCUT2D eigenvalue weighted by Crippen LogP contribution is -2.21. The van der Waals surface area contributed by atoms with Crippen molar-refractivity contribution in [3.05, 3.63) is 32.4 Å². The van der Waals surface area contributed by atoms with Crippen LogP contribution in [0.4, 0.5) is 5.13 Å². The quantitative estimate of drug-likeness (QED) is 0.832. The van der Waals surface area contributed by atoms with Gasteiger partial charge in [-0.3, -0.25) is 14.9 Å². The molecule has 2 aromatic heterocycles. The molecule has 0 saturated heterocycles. The van der Waals surface area contributed by atoms with Crippen LogP contribution in [0.1, 0.15) is 4.88 Å². The number of carbonyl (C=O) groups excluding carboxylic acids is 2. The zero-order valence-electron chi connectivity index (χ0n) is 9.59. The maximum Gasteiger partial charge on any atom is 0.311 e. The van der Waals surface area contributed by atoms with Crippen LogP contribution in [0.15, 0.2) is 27.5 Å². The van der Waals surface area contributed by atoms with Gasteiger partial charge in [0.1, 0.15) is 0 Å². The van der Waals surface area contributed by atoms with Crippen molar-refractivity contribution in [2.24, 2.45) is 0 Å². The van der Waals surface area contributed by atoms with Crippen LogP contribution in [0.5, 0.6) is 0 Å². The highest BCUT2D eigenvalue weighted by atomic mass is 79.9. The summed E-state index contributed by atoms with van der Waals surface area (Å²) in [4.78, 5) is 27.8. The lowest BCUT2D eigenvalue weighted by atomic mass is 10.3. The van der Waals surface area contributed by atoms with E-state index in [0.29, 0.717) is 5.13 Å². The molecule has 0 saturated carbocycles. The lowest BCUT2D eigenvalue weighted by molar-refractivity contribution is -0.146. The number of thiophene rings is 1. The van der Waals surface area contributed by atoms with Crippen molar-refractivity contribution in [3.8, 4) is 0 Å². The molecule has 19 heavy (non-hydrogen) atoms. The minimum Gasteiger partial charge on any atom is -0.455 e. The molecule has 0 aliphatic heterocycles. The highest BCUT2D eigenvalue weighted by Crippen LogP contribution is 2.22. The summed E-state index contributed by atoms with van der Waals surface area (Å²) < 4.78 is 5.69. The minimum absolute atomic E-state index is 0.188. The van der Waals surface area contributed by atoms with Gasteiger partial charge >= 0.3 is 5.97 Å². The molecule has 0 radical (unpaired) electrons. The third-order valence-corrected chi connectivity index (χ3v) is 4.25. The van der Waals surface area contributed by atoms with E-state index >= 15 is 0 Å². The second kappa shape index (κ2) is 6.78. The predicted molar refractivity (Wildman–Crippen MR) is 77.4 cm³/mol. The highest BCUT2D eigenvalue weighted by molar-refractivity contribution is 9.11. The average molecular weight is 361 g/mol. The number of thiazole rings is 1. The number of aromatic nitrogens is 1. The summed E-state index contributed by atoms with van der Waals surface area (Å²) in [5, 5.41) is 4.89. The molecular formula is C11H9BrN2O3S2. The molecule has 1 N–H and O–H groups in total. The molecule has 0 fully saturated rings. The fraction of sp³-hybridized carbons (Fsp3) is 0.182. The molecule has 8 heteroatoms. The molecule has 2 heterocycles. The number of nitrogens with zero attached hydrogens (tertiary/aromatic N) is 1. The Balaban J connectivity index is 1.72. The fourth-order valence-corrected chi connectivity index (χ4v) is 3.03. The number of carbonyl (C=O) groups is 2. The smallest absolute Gasteiger partial charge is 0.311 e. The molecule has 0 atom stereocenters. The Morgan fingerprint density at radius 3 is 2.95 bits per heavy atom. The molecule has 0 aliphatic carbocycles. The number of hydrogen-bond donors (Lipinski definition) is 1. The van der Waals surface area contributed by atoms with Crippen molar-refractivity contribution in [2.75, 3.05) is 11.9 Å². The van der Waals surface area contributed by atoms with E-state index in [1.165, 1.54) is 22.7 Å². The number of esters is 1. The van der Waals surface area contributed by atoms with Crippen LogP contribution in [-0.4, -0.2) is 23.5 Å². The van der Waals surface area contributed by atoms with Crippen molar-refractivity contribution in [1.82, 2.24) is 4.98 Å². The van der Waals surface area contributed by atoms with Crippen molar-refractivity contribution in [3.63, 3.8) is 0 Å². The predicted octanol–water partition coefficient (Wildman–Crippen LogP) is 2.69. The van der Waals surface area contributed by atoms with Gasteiger partial charge in [-0.15, -0.1) is 11.3 Å². The molecule has 100 valence electrons. The first kappa shape index (κ1) is 14.2. The second-order valence-corrected chi connectivity index (χ2v) is 6.88. The van der Waals surface area contributed by atoms with E-state index in [4.69, 9.17) is 4.74 Å². The number of amides is 1. The van der Waals surface area contributed by atoms with Crippen LogP contribution in [0.2, 0.25) is 0 Å². The first-order chi connectivity index (χ1) is 9.13. The first-order valence-corrected chi connectivity index (χ1v) is 7.71. The van der Waals surface area contributed by atoms with Crippen LogP contribution in [0.25, 0.3) is 0 Å². The van der Waals surface area contributed by atoms with Crippen molar-refractivity contribution < 1.29 is 14.3 Å². The second-order valence-electron chi connectivity index (χ2n) is 3.43. The molecule has 0 aromatic carbocycles. The molecule has 2 aromatic rings.